The van der Waals surface area contributed by atoms with E-state index < -0.39 is 0 Å². The van der Waals surface area contributed by atoms with E-state index in [2.05, 4.69) is 0 Å². The summed E-state index contributed by atoms with van der Waals surface area (Å²) in [6.07, 6.45) is 0. The lowest BCUT2D eigenvalue weighted by atomic mass is 10.1. The maximum absolute atomic E-state index is 11.8. The number of halogens is 1. The number of nitrogens with zero attached hydrogens (tertiary/aromatic N) is 2. The molecule has 1 heterocycles. The number of hydrogen-bond donors (Lipinski definition) is 0. The van der Waals surface area contributed by atoms with Crippen LogP contribution in [-0.4, -0.2) is 4.57 Å². The lowest BCUT2D eigenvalue weighted by molar-refractivity contribution is 0.901. The second kappa shape index (κ2) is 3.66. The first-order valence-electron chi connectivity index (χ1n) is 4.75. The summed E-state index contributed by atoms with van der Waals surface area (Å²) in [4.78, 5) is 11.8. The molecule has 16 heavy (non-hydrogen) atoms. The number of benzene rings is 1. The number of aryl methyl sites for hydroxylation is 2. The fraction of sp³-hybridized carbons (Fsp3) is 0.167. The molecule has 0 radical (unpaired) electrons. The molecule has 0 atom stereocenters. The van der Waals surface area contributed by atoms with Crippen LogP contribution in [0.15, 0.2) is 23.0 Å². The quantitative estimate of drug-likeness (QED) is 0.700. The van der Waals surface area contributed by atoms with Gasteiger partial charge in [-0.3, -0.25) is 4.79 Å². The maximum Gasteiger partial charge on any atom is 0.270 e. The molecule has 1 aromatic carbocycles. The van der Waals surface area contributed by atoms with Crippen LogP contribution in [0.3, 0.4) is 0 Å². The highest BCUT2D eigenvalue weighted by atomic mass is 35.5. The van der Waals surface area contributed by atoms with Crippen LogP contribution in [0.25, 0.3) is 10.9 Å². The first-order valence-corrected chi connectivity index (χ1v) is 5.13. The number of hydrogen-bond acceptors (Lipinski definition) is 2. The fourth-order valence-corrected chi connectivity index (χ4v) is 2.00. The summed E-state index contributed by atoms with van der Waals surface area (Å²) in [5.74, 6) is 0. The van der Waals surface area contributed by atoms with Crippen molar-refractivity contribution in [3.63, 3.8) is 0 Å². The van der Waals surface area contributed by atoms with E-state index in [9.17, 15) is 4.79 Å². The Morgan fingerprint density at radius 1 is 1.44 bits per heavy atom. The monoisotopic (exact) mass is 232 g/mol. The molecule has 0 fully saturated rings. The zero-order chi connectivity index (χ0) is 11.9. The number of pyridine rings is 1. The van der Waals surface area contributed by atoms with Crippen LogP contribution in [0, 0.1) is 18.3 Å². The third kappa shape index (κ3) is 1.39. The van der Waals surface area contributed by atoms with E-state index in [0.29, 0.717) is 0 Å². The Bertz CT molecular complexity index is 680. The van der Waals surface area contributed by atoms with Gasteiger partial charge >= 0.3 is 0 Å². The van der Waals surface area contributed by atoms with Crippen molar-refractivity contribution in [3.05, 3.63) is 44.7 Å². The van der Waals surface area contributed by atoms with Crippen LogP contribution >= 0.6 is 11.6 Å². The lowest BCUT2D eigenvalue weighted by Gasteiger charge is -2.08. The van der Waals surface area contributed by atoms with Crippen LogP contribution in [0.1, 0.15) is 11.1 Å². The average molecular weight is 233 g/mol. The molecular weight excluding hydrogens is 224 g/mol. The first-order chi connectivity index (χ1) is 7.56. The number of fused-ring (bicyclic) bond motifs is 1. The van der Waals surface area contributed by atoms with Crippen molar-refractivity contribution >= 4 is 22.5 Å². The minimum Gasteiger partial charge on any atom is -0.310 e. The molecule has 3 nitrogen and oxygen atoms in total. The Balaban J connectivity index is 3.10. The van der Waals surface area contributed by atoms with Crippen LogP contribution < -0.4 is 5.56 Å². The largest absolute Gasteiger partial charge is 0.310 e. The molecule has 0 spiro atoms. The summed E-state index contributed by atoms with van der Waals surface area (Å²) in [6.45, 7) is 1.94. The standard InChI is InChI=1S/C12H9ClN2O/c1-7-3-4-10-8(5-7)11(13)9(6-14)12(16)15(10)2/h3-5H,1-2H3. The maximum atomic E-state index is 11.8. The van der Waals surface area contributed by atoms with Gasteiger partial charge in [0.15, 0.2) is 0 Å². The van der Waals surface area contributed by atoms with Gasteiger partial charge in [-0.05, 0) is 19.1 Å². The molecule has 0 aliphatic heterocycles. The Morgan fingerprint density at radius 2 is 2.12 bits per heavy atom. The molecule has 0 N–H and O–H groups in total. The van der Waals surface area contributed by atoms with Crippen LogP contribution in [0.2, 0.25) is 5.02 Å². The Hall–Kier alpha value is -1.79. The van der Waals surface area contributed by atoms with Crippen molar-refractivity contribution in [2.24, 2.45) is 7.05 Å². The molecule has 80 valence electrons. The Kier molecular flexibility index (Phi) is 2.45. The minimum atomic E-state index is -0.358. The fourth-order valence-electron chi connectivity index (χ4n) is 1.72. The van der Waals surface area contributed by atoms with E-state index in [4.69, 9.17) is 16.9 Å². The SMILES string of the molecule is Cc1ccc2c(c1)c(Cl)c(C#N)c(=O)n2C. The van der Waals surface area contributed by atoms with Gasteiger partial charge in [-0.15, -0.1) is 0 Å². The highest BCUT2D eigenvalue weighted by molar-refractivity contribution is 6.36. The summed E-state index contributed by atoms with van der Waals surface area (Å²) in [7, 11) is 1.64. The van der Waals surface area contributed by atoms with Gasteiger partial charge < -0.3 is 4.57 Å². The number of nitriles is 1. The van der Waals surface area contributed by atoms with Crippen LogP contribution in [-0.2, 0) is 7.05 Å². The molecule has 1 aromatic heterocycles. The van der Waals surface area contributed by atoms with Crippen LogP contribution in [0.4, 0.5) is 0 Å². The zero-order valence-electron chi connectivity index (χ0n) is 8.91. The van der Waals surface area contributed by atoms with Crippen molar-refractivity contribution in [3.8, 4) is 6.07 Å². The summed E-state index contributed by atoms with van der Waals surface area (Å²) >= 11 is 6.06. The third-order valence-electron chi connectivity index (χ3n) is 2.60. The Morgan fingerprint density at radius 3 is 2.75 bits per heavy atom. The van der Waals surface area contributed by atoms with Crippen molar-refractivity contribution in [2.45, 2.75) is 6.92 Å². The number of aromatic nitrogens is 1. The molecule has 2 rings (SSSR count). The molecule has 0 amide bonds. The third-order valence-corrected chi connectivity index (χ3v) is 2.99. The lowest BCUT2D eigenvalue weighted by Crippen LogP contribution is -2.20. The van der Waals surface area contributed by atoms with E-state index in [1.165, 1.54) is 4.57 Å². The molecule has 0 saturated heterocycles. The highest BCUT2D eigenvalue weighted by Gasteiger charge is 2.12. The van der Waals surface area contributed by atoms with Crippen molar-refractivity contribution in [1.29, 1.82) is 5.26 Å². The van der Waals surface area contributed by atoms with Gasteiger partial charge in [0.05, 0.1) is 10.5 Å². The highest BCUT2D eigenvalue weighted by Crippen LogP contribution is 2.25. The minimum absolute atomic E-state index is 0.00210. The summed E-state index contributed by atoms with van der Waals surface area (Å²) in [5, 5.41) is 9.88. The first kappa shape index (κ1) is 10.7. The summed E-state index contributed by atoms with van der Waals surface area (Å²) in [6, 6.07) is 7.46. The van der Waals surface area contributed by atoms with Gasteiger partial charge in [-0.2, -0.15) is 5.26 Å². The average Bonchev–Trinajstić information content (AvgIpc) is 2.27. The molecule has 0 aliphatic rings. The van der Waals surface area contributed by atoms with Gasteiger partial charge in [-0.1, -0.05) is 23.2 Å². The molecule has 0 unspecified atom stereocenters. The molecule has 4 heteroatoms. The predicted molar refractivity (Wildman–Crippen MR) is 63.7 cm³/mol. The normalized spacial score (nSPS) is 10.4. The van der Waals surface area contributed by atoms with Crippen molar-refractivity contribution < 1.29 is 0 Å². The van der Waals surface area contributed by atoms with E-state index in [1.807, 2.05) is 31.2 Å². The van der Waals surface area contributed by atoms with Crippen LogP contribution in [0.5, 0.6) is 0 Å². The van der Waals surface area contributed by atoms with Gasteiger partial charge in [0, 0.05) is 12.4 Å². The summed E-state index contributed by atoms with van der Waals surface area (Å²) < 4.78 is 1.44. The number of rotatable bonds is 0. The van der Waals surface area contributed by atoms with Crippen molar-refractivity contribution in [2.75, 3.05) is 0 Å². The molecule has 0 aliphatic carbocycles. The zero-order valence-corrected chi connectivity index (χ0v) is 9.67. The topological polar surface area (TPSA) is 45.8 Å². The second-order valence-corrected chi connectivity index (χ2v) is 4.06. The molecule has 0 saturated carbocycles. The van der Waals surface area contributed by atoms with E-state index in [-0.39, 0.29) is 16.1 Å². The Labute approximate surface area is 97.5 Å². The second-order valence-electron chi connectivity index (χ2n) is 3.69. The van der Waals surface area contributed by atoms with E-state index >= 15 is 0 Å². The summed E-state index contributed by atoms with van der Waals surface area (Å²) in [5.41, 5.74) is 1.42. The van der Waals surface area contributed by atoms with Gasteiger partial charge in [0.2, 0.25) is 0 Å². The molecular formula is C12H9ClN2O. The van der Waals surface area contributed by atoms with Gasteiger partial charge in [0.1, 0.15) is 11.6 Å². The predicted octanol–water partition coefficient (Wildman–Crippen LogP) is 2.37. The molecule has 2 aromatic rings. The van der Waals surface area contributed by atoms with Crippen molar-refractivity contribution in [1.82, 2.24) is 4.57 Å². The molecule has 0 bridgehead atoms. The smallest absolute Gasteiger partial charge is 0.270 e. The van der Waals surface area contributed by atoms with E-state index in [1.54, 1.807) is 7.05 Å². The van der Waals surface area contributed by atoms with Gasteiger partial charge in [-0.25, -0.2) is 0 Å². The van der Waals surface area contributed by atoms with E-state index in [0.717, 1.165) is 16.5 Å². The van der Waals surface area contributed by atoms with Gasteiger partial charge in [0.25, 0.3) is 5.56 Å².